The van der Waals surface area contributed by atoms with E-state index in [0.29, 0.717) is 6.42 Å². The molecule has 0 spiro atoms. The molecule has 4 nitrogen and oxygen atoms in total. The van der Waals surface area contributed by atoms with Crippen molar-refractivity contribution >= 4 is 16.9 Å². The molecule has 2 heterocycles. The molecule has 1 aromatic carbocycles. The second-order valence-electron chi connectivity index (χ2n) is 6.93. The molecule has 3 rings (SSSR count). The fourth-order valence-corrected chi connectivity index (χ4v) is 3.84. The predicted molar refractivity (Wildman–Crippen MR) is 97.3 cm³/mol. The van der Waals surface area contributed by atoms with Gasteiger partial charge < -0.3 is 10.1 Å². The summed E-state index contributed by atoms with van der Waals surface area (Å²) in [5.41, 5.74) is 3.50. The molecular formula is C20H28N2O2. The minimum atomic E-state index is -0.751. The van der Waals surface area contributed by atoms with E-state index >= 15 is 0 Å². The molecule has 0 saturated heterocycles. The number of benzene rings is 1. The zero-order valence-corrected chi connectivity index (χ0v) is 14.5. The van der Waals surface area contributed by atoms with E-state index in [1.807, 2.05) is 12.1 Å². The Morgan fingerprint density at radius 1 is 1.17 bits per heavy atom. The summed E-state index contributed by atoms with van der Waals surface area (Å²) in [6.45, 7) is 2.23. The van der Waals surface area contributed by atoms with Gasteiger partial charge in [-0.2, -0.15) is 0 Å². The maximum absolute atomic E-state index is 11.5. The predicted octanol–water partition coefficient (Wildman–Crippen LogP) is 4.56. The second-order valence-corrected chi connectivity index (χ2v) is 6.93. The SMILES string of the molecule is CCCCCCCC[C@@H]1N[C@H](C(=O)O)Cc2c1[nH]c1ccccc21. The van der Waals surface area contributed by atoms with Gasteiger partial charge in [0.05, 0.1) is 0 Å². The van der Waals surface area contributed by atoms with Gasteiger partial charge in [-0.15, -0.1) is 0 Å². The van der Waals surface area contributed by atoms with E-state index in [0.717, 1.165) is 18.4 Å². The Balaban J connectivity index is 1.73. The molecule has 2 aromatic rings. The molecule has 4 heteroatoms. The van der Waals surface area contributed by atoms with Crippen molar-refractivity contribution in [2.24, 2.45) is 0 Å². The third kappa shape index (κ3) is 3.64. The van der Waals surface area contributed by atoms with Crippen molar-refractivity contribution in [2.45, 2.75) is 70.4 Å². The van der Waals surface area contributed by atoms with Crippen molar-refractivity contribution < 1.29 is 9.90 Å². The van der Waals surface area contributed by atoms with Crippen LogP contribution in [0.4, 0.5) is 0 Å². The van der Waals surface area contributed by atoms with Gasteiger partial charge in [-0.25, -0.2) is 0 Å². The van der Waals surface area contributed by atoms with Gasteiger partial charge in [-0.05, 0) is 18.1 Å². The van der Waals surface area contributed by atoms with Crippen molar-refractivity contribution in [1.82, 2.24) is 10.3 Å². The molecule has 130 valence electrons. The highest BCUT2D eigenvalue weighted by Crippen LogP contribution is 2.34. The van der Waals surface area contributed by atoms with E-state index in [1.165, 1.54) is 48.7 Å². The normalized spacial score (nSPS) is 20.2. The summed E-state index contributed by atoms with van der Waals surface area (Å²) >= 11 is 0. The number of carbonyl (C=O) groups is 1. The van der Waals surface area contributed by atoms with Crippen molar-refractivity contribution in [2.75, 3.05) is 0 Å². The van der Waals surface area contributed by atoms with Gasteiger partial charge in [0, 0.05) is 29.1 Å². The first-order valence-corrected chi connectivity index (χ1v) is 9.29. The van der Waals surface area contributed by atoms with Gasteiger partial charge in [0.1, 0.15) is 6.04 Å². The number of H-pyrrole nitrogens is 1. The van der Waals surface area contributed by atoms with Crippen LogP contribution in [-0.2, 0) is 11.2 Å². The molecule has 2 atom stereocenters. The Morgan fingerprint density at radius 3 is 2.71 bits per heavy atom. The fraction of sp³-hybridized carbons (Fsp3) is 0.550. The summed E-state index contributed by atoms with van der Waals surface area (Å²) in [7, 11) is 0. The number of aromatic nitrogens is 1. The third-order valence-electron chi connectivity index (χ3n) is 5.15. The van der Waals surface area contributed by atoms with E-state index in [2.05, 4.69) is 29.4 Å². The van der Waals surface area contributed by atoms with Crippen molar-refractivity contribution in [1.29, 1.82) is 0 Å². The van der Waals surface area contributed by atoms with E-state index in [4.69, 9.17) is 0 Å². The topological polar surface area (TPSA) is 65.1 Å². The van der Waals surface area contributed by atoms with Gasteiger partial charge in [-0.3, -0.25) is 10.1 Å². The van der Waals surface area contributed by atoms with Crippen molar-refractivity contribution in [3.63, 3.8) is 0 Å². The van der Waals surface area contributed by atoms with Crippen LogP contribution in [-0.4, -0.2) is 22.1 Å². The minimum absolute atomic E-state index is 0.119. The van der Waals surface area contributed by atoms with Gasteiger partial charge in [0.15, 0.2) is 0 Å². The number of para-hydroxylation sites is 1. The van der Waals surface area contributed by atoms with Gasteiger partial charge in [0.2, 0.25) is 0 Å². The van der Waals surface area contributed by atoms with Crippen LogP contribution in [0.25, 0.3) is 10.9 Å². The summed E-state index contributed by atoms with van der Waals surface area (Å²) in [5.74, 6) is -0.751. The second kappa shape index (κ2) is 7.84. The lowest BCUT2D eigenvalue weighted by atomic mass is 9.91. The minimum Gasteiger partial charge on any atom is -0.480 e. The molecule has 0 fully saturated rings. The molecule has 1 aliphatic rings. The van der Waals surface area contributed by atoms with Gasteiger partial charge in [-0.1, -0.05) is 63.6 Å². The third-order valence-corrected chi connectivity index (χ3v) is 5.15. The Bertz CT molecular complexity index is 692. The summed E-state index contributed by atoms with van der Waals surface area (Å²) in [5, 5.41) is 14.0. The monoisotopic (exact) mass is 328 g/mol. The number of fused-ring (bicyclic) bond motifs is 3. The smallest absolute Gasteiger partial charge is 0.321 e. The number of carboxylic acid groups (broad SMARTS) is 1. The van der Waals surface area contributed by atoms with E-state index in [-0.39, 0.29) is 6.04 Å². The average Bonchev–Trinajstić information content (AvgIpc) is 2.96. The van der Waals surface area contributed by atoms with Gasteiger partial charge in [0.25, 0.3) is 0 Å². The lowest BCUT2D eigenvalue weighted by Crippen LogP contribution is -2.44. The summed E-state index contributed by atoms with van der Waals surface area (Å²) < 4.78 is 0. The molecule has 0 aliphatic carbocycles. The highest BCUT2D eigenvalue weighted by molar-refractivity contribution is 5.86. The Hall–Kier alpha value is -1.81. The molecule has 0 amide bonds. The summed E-state index contributed by atoms with van der Waals surface area (Å²) in [4.78, 5) is 15.1. The molecule has 0 bridgehead atoms. The maximum Gasteiger partial charge on any atom is 0.321 e. The Morgan fingerprint density at radius 2 is 1.92 bits per heavy atom. The quantitative estimate of drug-likeness (QED) is 0.622. The molecule has 0 saturated carbocycles. The zero-order chi connectivity index (χ0) is 16.9. The first-order valence-electron chi connectivity index (χ1n) is 9.29. The van der Waals surface area contributed by atoms with Crippen LogP contribution in [0.2, 0.25) is 0 Å². The summed E-state index contributed by atoms with van der Waals surface area (Å²) in [6.07, 6.45) is 9.09. The van der Waals surface area contributed by atoms with Crippen molar-refractivity contribution in [3.8, 4) is 0 Å². The van der Waals surface area contributed by atoms with Crippen LogP contribution in [0.3, 0.4) is 0 Å². The van der Waals surface area contributed by atoms with E-state index < -0.39 is 12.0 Å². The highest BCUT2D eigenvalue weighted by atomic mass is 16.4. The number of unbranched alkanes of at least 4 members (excludes halogenated alkanes) is 5. The fourth-order valence-electron chi connectivity index (χ4n) is 3.84. The van der Waals surface area contributed by atoms with Crippen LogP contribution < -0.4 is 5.32 Å². The number of hydrogen-bond donors (Lipinski definition) is 3. The Labute approximate surface area is 143 Å². The van der Waals surface area contributed by atoms with Crippen LogP contribution in [0.15, 0.2) is 24.3 Å². The molecule has 0 unspecified atom stereocenters. The standard InChI is InChI=1S/C20H28N2O2/c1-2-3-4-5-6-7-12-17-19-15(13-18(21-17)20(23)24)14-10-8-9-11-16(14)22-19/h8-11,17-18,21-22H,2-7,12-13H2,1H3,(H,23,24)/t17-,18-/m0/s1. The van der Waals surface area contributed by atoms with Crippen LogP contribution in [0, 0.1) is 0 Å². The number of nitrogens with one attached hydrogen (secondary N) is 2. The number of rotatable bonds is 8. The molecular weight excluding hydrogens is 300 g/mol. The molecule has 24 heavy (non-hydrogen) atoms. The van der Waals surface area contributed by atoms with Gasteiger partial charge >= 0.3 is 5.97 Å². The lowest BCUT2D eigenvalue weighted by Gasteiger charge is -2.29. The van der Waals surface area contributed by atoms with E-state index in [1.54, 1.807) is 0 Å². The van der Waals surface area contributed by atoms with E-state index in [9.17, 15) is 9.90 Å². The highest BCUT2D eigenvalue weighted by Gasteiger charge is 2.32. The summed E-state index contributed by atoms with van der Waals surface area (Å²) in [6, 6.07) is 7.85. The van der Waals surface area contributed by atoms with Crippen LogP contribution in [0.5, 0.6) is 0 Å². The van der Waals surface area contributed by atoms with Crippen LogP contribution >= 0.6 is 0 Å². The largest absolute Gasteiger partial charge is 0.480 e. The first-order chi connectivity index (χ1) is 11.7. The maximum atomic E-state index is 11.5. The molecule has 1 aromatic heterocycles. The van der Waals surface area contributed by atoms with Crippen LogP contribution in [0.1, 0.15) is 69.2 Å². The number of carboxylic acids is 1. The number of hydrogen-bond acceptors (Lipinski definition) is 2. The molecule has 0 radical (unpaired) electrons. The lowest BCUT2D eigenvalue weighted by molar-refractivity contribution is -0.139. The first kappa shape index (κ1) is 17.0. The Kier molecular flexibility index (Phi) is 5.56. The molecule has 1 aliphatic heterocycles. The number of aromatic amines is 1. The number of aliphatic carboxylic acids is 1. The zero-order valence-electron chi connectivity index (χ0n) is 14.5. The molecule has 3 N–H and O–H groups in total. The van der Waals surface area contributed by atoms with Crippen molar-refractivity contribution in [3.05, 3.63) is 35.5 Å². The average molecular weight is 328 g/mol.